The highest BCUT2D eigenvalue weighted by Crippen LogP contribution is 2.27. The van der Waals surface area contributed by atoms with Gasteiger partial charge in [-0.3, -0.25) is 9.69 Å². The highest BCUT2D eigenvalue weighted by molar-refractivity contribution is 6.62. The SMILES string of the molecule is CCO[Si](OCC)(OCC)C(CC)N1CCCC(C(N)=O)C1. The first kappa shape index (κ1) is 19.6. The summed E-state index contributed by atoms with van der Waals surface area (Å²) in [5.74, 6) is -0.296. The van der Waals surface area contributed by atoms with Gasteiger partial charge >= 0.3 is 8.80 Å². The smallest absolute Gasteiger partial charge is 0.373 e. The zero-order chi connectivity index (χ0) is 16.6. The lowest BCUT2D eigenvalue weighted by molar-refractivity contribution is -0.123. The summed E-state index contributed by atoms with van der Waals surface area (Å²) in [6.07, 6.45) is 2.71. The molecule has 7 heteroatoms. The molecular weight excluding hydrogens is 300 g/mol. The van der Waals surface area contributed by atoms with Crippen molar-refractivity contribution in [3.05, 3.63) is 0 Å². The van der Waals surface area contributed by atoms with E-state index in [1.165, 1.54) is 0 Å². The maximum atomic E-state index is 11.6. The van der Waals surface area contributed by atoms with Gasteiger partial charge in [0.1, 0.15) is 0 Å². The van der Waals surface area contributed by atoms with Crippen molar-refractivity contribution >= 4 is 14.7 Å². The van der Waals surface area contributed by atoms with Crippen LogP contribution in [0.3, 0.4) is 0 Å². The molecule has 1 aliphatic rings. The summed E-state index contributed by atoms with van der Waals surface area (Å²) in [5.41, 5.74) is 5.59. The van der Waals surface area contributed by atoms with Gasteiger partial charge in [-0.25, -0.2) is 0 Å². The van der Waals surface area contributed by atoms with Crippen LogP contribution in [0.4, 0.5) is 0 Å². The van der Waals surface area contributed by atoms with E-state index in [9.17, 15) is 4.79 Å². The monoisotopic (exact) mass is 332 g/mol. The van der Waals surface area contributed by atoms with Crippen LogP contribution in [0, 0.1) is 5.92 Å². The Morgan fingerprint density at radius 1 is 1.18 bits per heavy atom. The fourth-order valence-corrected chi connectivity index (χ4v) is 6.49. The summed E-state index contributed by atoms with van der Waals surface area (Å²) >= 11 is 0. The summed E-state index contributed by atoms with van der Waals surface area (Å²) in [6, 6.07) is 0. The first-order valence-corrected chi connectivity index (χ1v) is 10.3. The van der Waals surface area contributed by atoms with Gasteiger partial charge in [0.2, 0.25) is 5.91 Å². The van der Waals surface area contributed by atoms with E-state index >= 15 is 0 Å². The molecule has 1 heterocycles. The van der Waals surface area contributed by atoms with E-state index in [0.717, 1.165) is 25.8 Å². The largest absolute Gasteiger partial charge is 0.519 e. The molecular formula is C15H32N2O4Si. The molecule has 1 rings (SSSR count). The third kappa shape index (κ3) is 4.76. The second-order valence-corrected chi connectivity index (χ2v) is 8.30. The number of carbonyl (C=O) groups is 1. The van der Waals surface area contributed by atoms with Crippen molar-refractivity contribution in [2.45, 2.75) is 52.6 Å². The van der Waals surface area contributed by atoms with E-state index in [0.29, 0.717) is 26.4 Å². The molecule has 0 aromatic rings. The number of rotatable bonds is 10. The Kier molecular flexibility index (Phi) is 8.56. The van der Waals surface area contributed by atoms with Crippen molar-refractivity contribution in [2.75, 3.05) is 32.9 Å². The number of piperidine rings is 1. The third-order valence-electron chi connectivity index (χ3n) is 4.13. The van der Waals surface area contributed by atoms with Gasteiger partial charge in [-0.15, -0.1) is 0 Å². The fraction of sp³-hybridized carbons (Fsp3) is 0.933. The van der Waals surface area contributed by atoms with Crippen molar-refractivity contribution in [3.8, 4) is 0 Å². The van der Waals surface area contributed by atoms with Crippen molar-refractivity contribution in [2.24, 2.45) is 11.7 Å². The molecule has 2 atom stereocenters. The van der Waals surface area contributed by atoms with Gasteiger partial charge in [0.05, 0.1) is 11.6 Å². The topological polar surface area (TPSA) is 74.0 Å². The number of carbonyl (C=O) groups excluding carboxylic acids is 1. The molecule has 1 aliphatic heterocycles. The van der Waals surface area contributed by atoms with Crippen LogP contribution >= 0.6 is 0 Å². The lowest BCUT2D eigenvalue weighted by atomic mass is 9.97. The van der Waals surface area contributed by atoms with Crippen LogP contribution in [0.25, 0.3) is 0 Å². The molecule has 0 aromatic heterocycles. The van der Waals surface area contributed by atoms with Crippen LogP contribution in [-0.4, -0.2) is 58.2 Å². The maximum absolute atomic E-state index is 11.6. The highest BCUT2D eigenvalue weighted by atomic mass is 28.4. The molecule has 0 radical (unpaired) electrons. The number of hydrogen-bond donors (Lipinski definition) is 1. The van der Waals surface area contributed by atoms with Gasteiger partial charge in [-0.1, -0.05) is 6.92 Å². The number of amides is 1. The van der Waals surface area contributed by atoms with E-state index in [4.69, 9.17) is 19.0 Å². The third-order valence-corrected chi connectivity index (χ3v) is 7.79. The summed E-state index contributed by atoms with van der Waals surface area (Å²) in [6.45, 7) is 11.3. The van der Waals surface area contributed by atoms with Gasteiger partial charge in [0.25, 0.3) is 0 Å². The molecule has 2 unspecified atom stereocenters. The van der Waals surface area contributed by atoms with Crippen LogP contribution in [-0.2, 0) is 18.1 Å². The predicted octanol–water partition coefficient (Wildman–Crippen LogP) is 1.55. The minimum atomic E-state index is -2.80. The van der Waals surface area contributed by atoms with Crippen LogP contribution in [0.5, 0.6) is 0 Å². The predicted molar refractivity (Wildman–Crippen MR) is 88.2 cm³/mol. The number of likely N-dealkylation sites (tertiary alicyclic amines) is 1. The standard InChI is InChI=1S/C15H32N2O4Si/c1-5-14(17-11-9-10-13(12-17)15(16)18)22(19-6-2,20-7-3)21-8-4/h13-14H,5-12H2,1-4H3,(H2,16,18). The zero-order valence-electron chi connectivity index (χ0n) is 14.5. The van der Waals surface area contributed by atoms with Gasteiger partial charge in [-0.2, -0.15) is 0 Å². The maximum Gasteiger partial charge on any atom is 0.519 e. The molecule has 0 spiro atoms. The highest BCUT2D eigenvalue weighted by Gasteiger charge is 2.51. The molecule has 0 saturated carbocycles. The fourth-order valence-electron chi connectivity index (χ4n) is 3.27. The molecule has 0 aromatic carbocycles. The van der Waals surface area contributed by atoms with Crippen molar-refractivity contribution in [1.82, 2.24) is 4.90 Å². The number of nitrogens with two attached hydrogens (primary N) is 1. The van der Waals surface area contributed by atoms with E-state index < -0.39 is 8.80 Å². The molecule has 1 fully saturated rings. The molecule has 0 aliphatic carbocycles. The van der Waals surface area contributed by atoms with Crippen molar-refractivity contribution in [3.63, 3.8) is 0 Å². The Morgan fingerprint density at radius 2 is 1.73 bits per heavy atom. The Morgan fingerprint density at radius 3 is 2.14 bits per heavy atom. The van der Waals surface area contributed by atoms with Gasteiger partial charge in [0, 0.05) is 26.4 Å². The van der Waals surface area contributed by atoms with Crippen LogP contribution in [0.2, 0.25) is 0 Å². The van der Waals surface area contributed by atoms with Gasteiger partial charge in [0.15, 0.2) is 0 Å². The lowest BCUT2D eigenvalue weighted by Crippen LogP contribution is -2.64. The van der Waals surface area contributed by atoms with Crippen LogP contribution in [0.1, 0.15) is 47.0 Å². The number of nitrogens with zero attached hydrogens (tertiary/aromatic N) is 1. The minimum Gasteiger partial charge on any atom is -0.373 e. The first-order chi connectivity index (χ1) is 10.5. The Labute approximate surface area is 135 Å². The normalized spacial score (nSPS) is 21.7. The molecule has 1 amide bonds. The molecule has 0 bridgehead atoms. The van der Waals surface area contributed by atoms with Gasteiger partial charge < -0.3 is 19.0 Å². The molecule has 2 N–H and O–H groups in total. The minimum absolute atomic E-state index is 0.0782. The zero-order valence-corrected chi connectivity index (χ0v) is 15.5. The van der Waals surface area contributed by atoms with E-state index in [1.807, 2.05) is 20.8 Å². The van der Waals surface area contributed by atoms with Crippen LogP contribution < -0.4 is 5.73 Å². The summed E-state index contributed by atoms with van der Waals surface area (Å²) in [5, 5.41) is 0. The quantitative estimate of drug-likeness (QED) is 0.614. The average Bonchev–Trinajstić information content (AvgIpc) is 2.49. The number of hydrogen-bond acceptors (Lipinski definition) is 5. The van der Waals surface area contributed by atoms with E-state index in [1.54, 1.807) is 0 Å². The van der Waals surface area contributed by atoms with E-state index in [2.05, 4.69) is 11.8 Å². The summed E-state index contributed by atoms with van der Waals surface area (Å²) < 4.78 is 18.1. The molecule has 130 valence electrons. The van der Waals surface area contributed by atoms with E-state index in [-0.39, 0.29) is 17.5 Å². The summed E-state index contributed by atoms with van der Waals surface area (Å²) in [7, 11) is -2.80. The molecule has 6 nitrogen and oxygen atoms in total. The van der Waals surface area contributed by atoms with Crippen LogP contribution in [0.15, 0.2) is 0 Å². The lowest BCUT2D eigenvalue weighted by Gasteiger charge is -2.43. The number of primary amides is 1. The Bertz CT molecular complexity index is 326. The Hall–Kier alpha value is -0.473. The van der Waals surface area contributed by atoms with Gasteiger partial charge in [-0.05, 0) is 46.6 Å². The second kappa shape index (κ2) is 9.62. The molecule has 22 heavy (non-hydrogen) atoms. The van der Waals surface area contributed by atoms with Crippen molar-refractivity contribution < 1.29 is 18.1 Å². The second-order valence-electron chi connectivity index (χ2n) is 5.56. The van der Waals surface area contributed by atoms with Crippen molar-refractivity contribution in [1.29, 1.82) is 0 Å². The first-order valence-electron chi connectivity index (χ1n) is 8.49. The molecule has 1 saturated heterocycles. The average molecular weight is 333 g/mol. The summed E-state index contributed by atoms with van der Waals surface area (Å²) in [4.78, 5) is 13.8. The Balaban J connectivity index is 2.98.